The first-order valence-electron chi connectivity index (χ1n) is 6.39. The number of nitrogens with zero attached hydrogens (tertiary/aromatic N) is 2. The number of benzene rings is 1. The number of methoxy groups -OCH3 is 2. The second-order valence-electron chi connectivity index (χ2n) is 4.39. The summed E-state index contributed by atoms with van der Waals surface area (Å²) in [6.45, 7) is 0. The predicted octanol–water partition coefficient (Wildman–Crippen LogP) is 1.52. The summed E-state index contributed by atoms with van der Waals surface area (Å²) in [4.78, 5) is 26.9. The van der Waals surface area contributed by atoms with Crippen LogP contribution in [-0.2, 0) is 0 Å². The van der Waals surface area contributed by atoms with Crippen LogP contribution in [0.2, 0.25) is 0 Å². The fraction of sp³-hybridized carbons (Fsp3) is 0.143. The predicted molar refractivity (Wildman–Crippen MR) is 81.7 cm³/mol. The van der Waals surface area contributed by atoms with Crippen LogP contribution >= 0.6 is 0 Å². The Kier molecular flexibility index (Phi) is 4.72. The molecule has 3 N–H and O–H groups in total. The van der Waals surface area contributed by atoms with Gasteiger partial charge in [-0.15, -0.1) is 0 Å². The first-order chi connectivity index (χ1) is 11.0. The zero-order valence-electron chi connectivity index (χ0n) is 12.4. The third-order valence-electron chi connectivity index (χ3n) is 3.10. The molecule has 0 aliphatic heterocycles. The lowest BCUT2D eigenvalue weighted by Crippen LogP contribution is -2.14. The number of carbonyl (C=O) groups is 1. The molecule has 0 radical (unpaired) electrons. The standard InChI is InChI=1S/C14H14N4O5/c1-22-9-5-8(6-10(7-9)23-2)13(19)11-3-4-16-14(17-15)12(11)18(20)21/h3-7H,15H2,1-2H3,(H,16,17). The van der Waals surface area contributed by atoms with Crippen molar-refractivity contribution >= 4 is 17.3 Å². The lowest BCUT2D eigenvalue weighted by molar-refractivity contribution is -0.384. The summed E-state index contributed by atoms with van der Waals surface area (Å²) < 4.78 is 10.2. The molecular formula is C14H14N4O5. The zero-order valence-corrected chi connectivity index (χ0v) is 12.4. The highest BCUT2D eigenvalue weighted by atomic mass is 16.6. The third kappa shape index (κ3) is 3.19. The molecule has 0 aliphatic carbocycles. The average molecular weight is 318 g/mol. The molecule has 9 nitrogen and oxygen atoms in total. The number of hydrazine groups is 1. The van der Waals surface area contributed by atoms with Crippen molar-refractivity contribution in [1.29, 1.82) is 0 Å². The van der Waals surface area contributed by atoms with Gasteiger partial charge < -0.3 is 14.9 Å². The van der Waals surface area contributed by atoms with Crippen LogP contribution in [0.3, 0.4) is 0 Å². The molecule has 0 bridgehead atoms. The number of ketones is 1. The second kappa shape index (κ2) is 6.71. The molecule has 0 spiro atoms. The van der Waals surface area contributed by atoms with Gasteiger partial charge in [0.2, 0.25) is 5.82 Å². The number of pyridine rings is 1. The molecule has 0 aliphatic rings. The first kappa shape index (κ1) is 16.2. The van der Waals surface area contributed by atoms with Crippen molar-refractivity contribution < 1.29 is 19.2 Å². The van der Waals surface area contributed by atoms with Crippen molar-refractivity contribution in [3.8, 4) is 11.5 Å². The number of hydrogen-bond acceptors (Lipinski definition) is 8. The molecule has 120 valence electrons. The van der Waals surface area contributed by atoms with E-state index < -0.39 is 16.4 Å². The van der Waals surface area contributed by atoms with Gasteiger partial charge in [-0.3, -0.25) is 14.9 Å². The lowest BCUT2D eigenvalue weighted by Gasteiger charge is -2.09. The number of nitro groups is 1. The molecule has 1 aromatic heterocycles. The normalized spacial score (nSPS) is 10.0. The zero-order chi connectivity index (χ0) is 17.0. The Bertz CT molecular complexity index is 741. The van der Waals surface area contributed by atoms with Crippen LogP contribution in [0.4, 0.5) is 11.5 Å². The maximum atomic E-state index is 12.7. The summed E-state index contributed by atoms with van der Waals surface area (Å²) in [7, 11) is 2.88. The van der Waals surface area contributed by atoms with Crippen LogP contribution < -0.4 is 20.7 Å². The van der Waals surface area contributed by atoms with Crippen LogP contribution in [0.25, 0.3) is 0 Å². The van der Waals surface area contributed by atoms with E-state index in [9.17, 15) is 14.9 Å². The van der Waals surface area contributed by atoms with E-state index in [2.05, 4.69) is 10.4 Å². The topological polar surface area (TPSA) is 130 Å². The highest BCUT2D eigenvalue weighted by Gasteiger charge is 2.26. The molecule has 0 amide bonds. The molecule has 23 heavy (non-hydrogen) atoms. The van der Waals surface area contributed by atoms with Gasteiger partial charge in [-0.25, -0.2) is 10.8 Å². The maximum absolute atomic E-state index is 12.7. The minimum atomic E-state index is -0.715. The number of nitrogens with two attached hydrogens (primary N) is 1. The van der Waals surface area contributed by atoms with E-state index in [1.807, 2.05) is 0 Å². The Balaban J connectivity index is 2.59. The molecule has 0 saturated heterocycles. The number of rotatable bonds is 6. The van der Waals surface area contributed by atoms with Crippen molar-refractivity contribution in [3.63, 3.8) is 0 Å². The Labute approximate surface area is 131 Å². The van der Waals surface area contributed by atoms with E-state index in [-0.39, 0.29) is 16.9 Å². The van der Waals surface area contributed by atoms with Gasteiger partial charge in [-0.1, -0.05) is 0 Å². The number of carbonyl (C=O) groups excluding carboxylic acids is 1. The summed E-state index contributed by atoms with van der Waals surface area (Å²) in [5, 5.41) is 11.3. The van der Waals surface area contributed by atoms with Crippen molar-refractivity contribution in [2.75, 3.05) is 19.6 Å². The molecular weight excluding hydrogens is 304 g/mol. The molecule has 0 atom stereocenters. The molecule has 0 unspecified atom stereocenters. The lowest BCUT2D eigenvalue weighted by atomic mass is 10.0. The Morgan fingerprint density at radius 2 is 1.87 bits per heavy atom. The molecule has 0 fully saturated rings. The minimum Gasteiger partial charge on any atom is -0.497 e. The van der Waals surface area contributed by atoms with Crippen molar-refractivity contribution in [2.45, 2.75) is 0 Å². The van der Waals surface area contributed by atoms with Crippen LogP contribution in [-0.4, -0.2) is 29.9 Å². The van der Waals surface area contributed by atoms with Crippen LogP contribution in [0.5, 0.6) is 11.5 Å². The number of anilines is 1. The molecule has 9 heteroatoms. The Morgan fingerprint density at radius 1 is 1.26 bits per heavy atom. The fourth-order valence-electron chi connectivity index (χ4n) is 2.02. The van der Waals surface area contributed by atoms with Gasteiger partial charge in [0.15, 0.2) is 5.78 Å². The first-order valence-corrected chi connectivity index (χ1v) is 6.39. The highest BCUT2D eigenvalue weighted by Crippen LogP contribution is 2.30. The molecule has 0 saturated carbocycles. The Hall–Kier alpha value is -3.20. The van der Waals surface area contributed by atoms with Crippen LogP contribution in [0, 0.1) is 10.1 Å². The number of hydrogen-bond donors (Lipinski definition) is 2. The van der Waals surface area contributed by atoms with Gasteiger partial charge in [0.25, 0.3) is 0 Å². The van der Waals surface area contributed by atoms with Gasteiger partial charge in [-0.2, -0.15) is 0 Å². The van der Waals surface area contributed by atoms with Crippen LogP contribution in [0.15, 0.2) is 30.5 Å². The summed E-state index contributed by atoms with van der Waals surface area (Å²) >= 11 is 0. The smallest absolute Gasteiger partial charge is 0.323 e. The van der Waals surface area contributed by atoms with Crippen molar-refractivity contribution in [3.05, 3.63) is 51.7 Å². The van der Waals surface area contributed by atoms with E-state index in [1.54, 1.807) is 6.07 Å². The SMILES string of the molecule is COc1cc(OC)cc(C(=O)c2ccnc(NN)c2[N+](=O)[O-])c1. The summed E-state index contributed by atoms with van der Waals surface area (Å²) in [5.74, 6) is 5.23. The Morgan fingerprint density at radius 3 is 2.35 bits per heavy atom. The quantitative estimate of drug-likeness (QED) is 0.355. The van der Waals surface area contributed by atoms with Crippen molar-refractivity contribution in [1.82, 2.24) is 4.98 Å². The summed E-state index contributed by atoms with van der Waals surface area (Å²) in [5.41, 5.74) is 1.65. The fourth-order valence-corrected chi connectivity index (χ4v) is 2.02. The van der Waals surface area contributed by atoms with E-state index in [4.69, 9.17) is 15.3 Å². The van der Waals surface area contributed by atoms with Crippen molar-refractivity contribution in [2.24, 2.45) is 5.84 Å². The van der Waals surface area contributed by atoms with Gasteiger partial charge in [0.1, 0.15) is 17.1 Å². The average Bonchev–Trinajstić information content (AvgIpc) is 2.59. The molecule has 2 aromatic rings. The van der Waals surface area contributed by atoms with E-state index in [0.717, 1.165) is 0 Å². The second-order valence-corrected chi connectivity index (χ2v) is 4.39. The maximum Gasteiger partial charge on any atom is 0.323 e. The minimum absolute atomic E-state index is 0.145. The number of nitrogens with one attached hydrogen (secondary N) is 1. The molecule has 1 aromatic carbocycles. The number of ether oxygens (including phenoxy) is 2. The summed E-state index contributed by atoms with van der Waals surface area (Å²) in [6.07, 6.45) is 1.26. The number of aromatic nitrogens is 1. The monoisotopic (exact) mass is 318 g/mol. The number of nitrogen functional groups attached to an aromatic ring is 1. The van der Waals surface area contributed by atoms with Gasteiger partial charge >= 0.3 is 5.69 Å². The van der Waals surface area contributed by atoms with E-state index in [0.29, 0.717) is 11.5 Å². The largest absolute Gasteiger partial charge is 0.497 e. The van der Waals surface area contributed by atoms with E-state index >= 15 is 0 Å². The molecule has 1 heterocycles. The third-order valence-corrected chi connectivity index (χ3v) is 3.10. The molecule has 2 rings (SSSR count). The van der Waals surface area contributed by atoms with Gasteiger partial charge in [0.05, 0.1) is 19.1 Å². The van der Waals surface area contributed by atoms with Crippen LogP contribution in [0.1, 0.15) is 15.9 Å². The highest BCUT2D eigenvalue weighted by molar-refractivity contribution is 6.12. The summed E-state index contributed by atoms with van der Waals surface area (Å²) in [6, 6.07) is 5.77. The van der Waals surface area contributed by atoms with Gasteiger partial charge in [0, 0.05) is 17.8 Å². The van der Waals surface area contributed by atoms with Gasteiger partial charge in [-0.05, 0) is 18.2 Å². The van der Waals surface area contributed by atoms with E-state index in [1.165, 1.54) is 38.6 Å².